The maximum Gasteiger partial charge on any atom is 0.245 e. The van der Waals surface area contributed by atoms with Crippen LogP contribution in [0.3, 0.4) is 0 Å². The molecule has 2 aliphatic rings. The molecule has 2 aliphatic heterocycles. The number of benzene rings is 2. The molecule has 1 fully saturated rings. The largest absolute Gasteiger partial charge is 0.311 e. The number of rotatable bonds is 3. The number of sulfonamides is 1. The number of para-hydroxylation sites is 1. The lowest BCUT2D eigenvalue weighted by molar-refractivity contribution is -0.121. The quantitative estimate of drug-likeness (QED) is 0.760. The van der Waals surface area contributed by atoms with Crippen LogP contribution in [0.25, 0.3) is 0 Å². The van der Waals surface area contributed by atoms with Crippen LogP contribution in [-0.2, 0) is 21.2 Å². The topological polar surface area (TPSA) is 57.7 Å². The monoisotopic (exact) mass is 418 g/mol. The zero-order chi connectivity index (χ0) is 19.7. The van der Waals surface area contributed by atoms with Gasteiger partial charge in [-0.1, -0.05) is 29.8 Å². The van der Waals surface area contributed by atoms with Crippen molar-refractivity contribution in [3.05, 3.63) is 59.1 Å². The molecule has 0 unspecified atom stereocenters. The third kappa shape index (κ3) is 3.56. The van der Waals surface area contributed by atoms with E-state index in [-0.39, 0.29) is 10.8 Å². The number of hydrogen-bond donors (Lipinski definition) is 0. The summed E-state index contributed by atoms with van der Waals surface area (Å²) in [6.45, 7) is 0.984. The number of carbonyl (C=O) groups is 1. The highest BCUT2D eigenvalue weighted by molar-refractivity contribution is 7.89. The summed E-state index contributed by atoms with van der Waals surface area (Å²) in [6.07, 6.45) is 4.11. The number of hydrogen-bond acceptors (Lipinski definition) is 3. The Kier molecular flexibility index (Phi) is 5.45. The molecule has 148 valence electrons. The molecule has 1 amide bonds. The summed E-state index contributed by atoms with van der Waals surface area (Å²) < 4.78 is 27.7. The van der Waals surface area contributed by atoms with Crippen LogP contribution >= 0.6 is 11.6 Å². The van der Waals surface area contributed by atoms with Crippen LogP contribution in [0.4, 0.5) is 5.69 Å². The highest BCUT2D eigenvalue weighted by atomic mass is 35.5. The first kappa shape index (κ1) is 19.4. The van der Waals surface area contributed by atoms with Crippen molar-refractivity contribution in [2.75, 3.05) is 18.0 Å². The van der Waals surface area contributed by atoms with E-state index < -0.39 is 16.1 Å². The molecule has 1 saturated heterocycles. The molecule has 0 bridgehead atoms. The number of halogens is 1. The van der Waals surface area contributed by atoms with Gasteiger partial charge in [0.2, 0.25) is 15.9 Å². The van der Waals surface area contributed by atoms with Gasteiger partial charge >= 0.3 is 0 Å². The molecule has 2 aromatic carbocycles. The Hall–Kier alpha value is -1.89. The van der Waals surface area contributed by atoms with E-state index in [1.807, 2.05) is 18.2 Å². The molecule has 0 saturated carbocycles. The number of nitrogens with zero attached hydrogens (tertiary/aromatic N) is 2. The minimum Gasteiger partial charge on any atom is -0.311 e. The average Bonchev–Trinajstić information content (AvgIpc) is 3.10. The second-order valence-electron chi connectivity index (χ2n) is 7.30. The number of fused-ring (bicyclic) bond motifs is 1. The number of anilines is 1. The molecule has 0 aliphatic carbocycles. The van der Waals surface area contributed by atoms with E-state index in [2.05, 4.69) is 6.07 Å². The van der Waals surface area contributed by atoms with Crippen molar-refractivity contribution in [3.8, 4) is 0 Å². The minimum absolute atomic E-state index is 0.121. The predicted molar refractivity (Wildman–Crippen MR) is 110 cm³/mol. The highest BCUT2D eigenvalue weighted by Crippen LogP contribution is 2.32. The average molecular weight is 419 g/mol. The molecule has 0 spiro atoms. The Bertz CT molecular complexity index is 975. The summed E-state index contributed by atoms with van der Waals surface area (Å²) in [6, 6.07) is 13.4. The van der Waals surface area contributed by atoms with E-state index in [1.165, 1.54) is 16.4 Å². The SMILES string of the molecule is O=C([C@@H]1CCCN1S(=O)(=O)c1ccc(Cl)cc1)N1CCCCc2ccccc21. The zero-order valence-corrected chi connectivity index (χ0v) is 17.1. The lowest BCUT2D eigenvalue weighted by atomic mass is 10.1. The third-order valence-electron chi connectivity index (χ3n) is 5.54. The molecule has 0 N–H and O–H groups in total. The van der Waals surface area contributed by atoms with Crippen LogP contribution in [0.15, 0.2) is 53.4 Å². The fourth-order valence-electron chi connectivity index (χ4n) is 4.12. The van der Waals surface area contributed by atoms with Gasteiger partial charge in [0.05, 0.1) is 4.90 Å². The van der Waals surface area contributed by atoms with Crippen molar-refractivity contribution in [1.29, 1.82) is 0 Å². The second-order valence-corrected chi connectivity index (χ2v) is 9.63. The molecule has 7 heteroatoms. The molecule has 1 atom stereocenters. The zero-order valence-electron chi connectivity index (χ0n) is 15.6. The fourth-order valence-corrected chi connectivity index (χ4v) is 5.89. The molecule has 0 radical (unpaired) electrons. The summed E-state index contributed by atoms with van der Waals surface area (Å²) in [7, 11) is -3.75. The minimum atomic E-state index is -3.75. The van der Waals surface area contributed by atoms with Gasteiger partial charge in [0.15, 0.2) is 0 Å². The molecule has 0 aromatic heterocycles. The fraction of sp³-hybridized carbons (Fsp3) is 0.381. The summed E-state index contributed by atoms with van der Waals surface area (Å²) >= 11 is 5.90. The number of amides is 1. The van der Waals surface area contributed by atoms with Gasteiger partial charge in [-0.05, 0) is 68.0 Å². The van der Waals surface area contributed by atoms with E-state index in [0.717, 1.165) is 30.5 Å². The van der Waals surface area contributed by atoms with Crippen LogP contribution in [0.1, 0.15) is 31.2 Å². The van der Waals surface area contributed by atoms with E-state index in [4.69, 9.17) is 11.6 Å². The normalized spacial score (nSPS) is 20.6. The van der Waals surface area contributed by atoms with Crippen molar-refractivity contribution in [2.24, 2.45) is 0 Å². The second kappa shape index (κ2) is 7.85. The molecular formula is C21H23ClN2O3S. The van der Waals surface area contributed by atoms with Crippen LogP contribution in [-0.4, -0.2) is 37.8 Å². The highest BCUT2D eigenvalue weighted by Gasteiger charge is 2.41. The van der Waals surface area contributed by atoms with Crippen LogP contribution in [0.5, 0.6) is 0 Å². The molecule has 2 heterocycles. The van der Waals surface area contributed by atoms with Crippen LogP contribution < -0.4 is 4.90 Å². The smallest absolute Gasteiger partial charge is 0.245 e. The van der Waals surface area contributed by atoms with E-state index >= 15 is 0 Å². The Morgan fingerprint density at radius 2 is 1.71 bits per heavy atom. The first-order valence-corrected chi connectivity index (χ1v) is 11.5. The van der Waals surface area contributed by atoms with Gasteiger partial charge in [0.25, 0.3) is 0 Å². The first-order chi connectivity index (χ1) is 13.5. The lowest BCUT2D eigenvalue weighted by Gasteiger charge is -2.30. The van der Waals surface area contributed by atoms with Gasteiger partial charge in [0, 0.05) is 23.8 Å². The molecule has 2 aromatic rings. The maximum absolute atomic E-state index is 13.5. The first-order valence-electron chi connectivity index (χ1n) is 9.65. The Balaban J connectivity index is 1.65. The van der Waals surface area contributed by atoms with Gasteiger partial charge in [-0.15, -0.1) is 0 Å². The standard InChI is InChI=1S/C21H23ClN2O3S/c22-17-10-12-18(13-11-17)28(26,27)24-15-5-9-20(24)21(25)23-14-4-3-7-16-6-1-2-8-19(16)23/h1-2,6,8,10-13,20H,3-5,7,9,14-15H2/t20-/m0/s1. The van der Waals surface area contributed by atoms with E-state index in [1.54, 1.807) is 17.0 Å². The van der Waals surface area contributed by atoms with Crippen LogP contribution in [0, 0.1) is 0 Å². The van der Waals surface area contributed by atoms with E-state index in [9.17, 15) is 13.2 Å². The maximum atomic E-state index is 13.5. The summed E-state index contributed by atoms with van der Waals surface area (Å²) in [4.78, 5) is 15.4. The summed E-state index contributed by atoms with van der Waals surface area (Å²) in [5, 5.41) is 0.481. The van der Waals surface area contributed by atoms with Gasteiger partial charge in [-0.2, -0.15) is 4.31 Å². The Labute approximate surface area is 171 Å². The molecule has 4 rings (SSSR count). The number of carbonyl (C=O) groups excluding carboxylic acids is 1. The van der Waals surface area contributed by atoms with Crippen molar-refractivity contribution in [3.63, 3.8) is 0 Å². The molecule has 28 heavy (non-hydrogen) atoms. The summed E-state index contributed by atoms with van der Waals surface area (Å²) in [5.74, 6) is -0.121. The third-order valence-corrected chi connectivity index (χ3v) is 7.71. The summed E-state index contributed by atoms with van der Waals surface area (Å²) in [5.41, 5.74) is 2.07. The predicted octanol–water partition coefficient (Wildman–Crippen LogP) is 3.86. The molecular weight excluding hydrogens is 396 g/mol. The molecule has 5 nitrogen and oxygen atoms in total. The number of aryl methyl sites for hydroxylation is 1. The van der Waals surface area contributed by atoms with Crippen molar-refractivity contribution in [1.82, 2.24) is 4.31 Å². The Morgan fingerprint density at radius 1 is 0.964 bits per heavy atom. The van der Waals surface area contributed by atoms with E-state index in [0.29, 0.717) is 31.0 Å². The Morgan fingerprint density at radius 3 is 2.50 bits per heavy atom. The van der Waals surface area contributed by atoms with Gasteiger partial charge < -0.3 is 4.90 Å². The van der Waals surface area contributed by atoms with Crippen molar-refractivity contribution in [2.45, 2.75) is 43.0 Å². The van der Waals surface area contributed by atoms with Crippen molar-refractivity contribution < 1.29 is 13.2 Å². The van der Waals surface area contributed by atoms with Gasteiger partial charge in [-0.25, -0.2) is 8.42 Å². The lowest BCUT2D eigenvalue weighted by Crippen LogP contribution is -2.48. The van der Waals surface area contributed by atoms with Crippen LogP contribution in [0.2, 0.25) is 5.02 Å². The van der Waals surface area contributed by atoms with Gasteiger partial charge in [-0.3, -0.25) is 4.79 Å². The van der Waals surface area contributed by atoms with Crippen molar-refractivity contribution >= 4 is 33.2 Å². The van der Waals surface area contributed by atoms with Gasteiger partial charge in [0.1, 0.15) is 6.04 Å².